The molecule has 0 aromatic carbocycles. The third-order valence-corrected chi connectivity index (χ3v) is 5.20. The first-order valence-electron chi connectivity index (χ1n) is 6.63. The van der Waals surface area contributed by atoms with Gasteiger partial charge in [-0.15, -0.1) is 11.3 Å². The lowest BCUT2D eigenvalue weighted by Crippen LogP contribution is -2.23. The SMILES string of the molecule is CCNC(Cc1cc(CC)nn1C)c1sccc1Br. The van der Waals surface area contributed by atoms with Gasteiger partial charge in [0.15, 0.2) is 0 Å². The van der Waals surface area contributed by atoms with Crippen molar-refractivity contribution in [3.8, 4) is 0 Å². The second-order valence-electron chi connectivity index (χ2n) is 4.55. The average Bonchev–Trinajstić information content (AvgIpc) is 2.96. The van der Waals surface area contributed by atoms with Crippen molar-refractivity contribution in [3.05, 3.63) is 38.3 Å². The molecule has 0 spiro atoms. The summed E-state index contributed by atoms with van der Waals surface area (Å²) in [4.78, 5) is 1.36. The summed E-state index contributed by atoms with van der Waals surface area (Å²) >= 11 is 5.43. The van der Waals surface area contributed by atoms with Crippen LogP contribution in [-0.2, 0) is 19.9 Å². The zero-order chi connectivity index (χ0) is 13.8. The van der Waals surface area contributed by atoms with Crippen LogP contribution in [0.5, 0.6) is 0 Å². The van der Waals surface area contributed by atoms with Gasteiger partial charge in [-0.1, -0.05) is 13.8 Å². The van der Waals surface area contributed by atoms with Gasteiger partial charge in [-0.2, -0.15) is 5.10 Å². The summed E-state index contributed by atoms with van der Waals surface area (Å²) in [5.74, 6) is 0. The van der Waals surface area contributed by atoms with Crippen LogP contribution in [0.25, 0.3) is 0 Å². The molecule has 2 rings (SSSR count). The van der Waals surface area contributed by atoms with E-state index in [1.54, 1.807) is 11.3 Å². The number of hydrogen-bond donors (Lipinski definition) is 1. The van der Waals surface area contributed by atoms with Crippen molar-refractivity contribution in [1.29, 1.82) is 0 Å². The van der Waals surface area contributed by atoms with Gasteiger partial charge in [0.25, 0.3) is 0 Å². The zero-order valence-electron chi connectivity index (χ0n) is 11.6. The molecule has 2 heterocycles. The molecule has 0 aliphatic heterocycles. The first-order valence-corrected chi connectivity index (χ1v) is 8.31. The molecule has 0 fully saturated rings. The Morgan fingerprint density at radius 2 is 2.26 bits per heavy atom. The van der Waals surface area contributed by atoms with Gasteiger partial charge in [-0.05, 0) is 46.4 Å². The molecule has 2 aromatic rings. The lowest BCUT2D eigenvalue weighted by atomic mass is 10.1. The first-order chi connectivity index (χ1) is 9.15. The van der Waals surface area contributed by atoms with Crippen LogP contribution in [0.2, 0.25) is 0 Å². The van der Waals surface area contributed by atoms with E-state index in [2.05, 4.69) is 57.7 Å². The molecule has 0 bridgehead atoms. The quantitative estimate of drug-likeness (QED) is 0.868. The van der Waals surface area contributed by atoms with Gasteiger partial charge in [0.1, 0.15) is 0 Å². The number of nitrogens with zero attached hydrogens (tertiary/aromatic N) is 2. The Bertz CT molecular complexity index is 533. The third kappa shape index (κ3) is 3.46. The van der Waals surface area contributed by atoms with Crippen LogP contribution >= 0.6 is 27.3 Å². The van der Waals surface area contributed by atoms with E-state index in [-0.39, 0.29) is 0 Å². The van der Waals surface area contributed by atoms with E-state index in [4.69, 9.17) is 0 Å². The largest absolute Gasteiger partial charge is 0.309 e. The van der Waals surface area contributed by atoms with Crippen molar-refractivity contribution >= 4 is 27.3 Å². The number of hydrogen-bond acceptors (Lipinski definition) is 3. The molecule has 0 amide bonds. The minimum atomic E-state index is 0.347. The fourth-order valence-electron chi connectivity index (χ4n) is 2.20. The van der Waals surface area contributed by atoms with Crippen molar-refractivity contribution in [3.63, 3.8) is 0 Å². The van der Waals surface area contributed by atoms with E-state index >= 15 is 0 Å². The van der Waals surface area contributed by atoms with E-state index < -0.39 is 0 Å². The second-order valence-corrected chi connectivity index (χ2v) is 6.35. The molecular weight excluding hydrogens is 322 g/mol. The van der Waals surface area contributed by atoms with Gasteiger partial charge in [-0.25, -0.2) is 0 Å². The summed E-state index contributed by atoms with van der Waals surface area (Å²) < 4.78 is 3.20. The standard InChI is InChI=1S/C14H20BrN3S/c1-4-10-8-11(18(3)17-10)9-13(16-5-2)14-12(15)6-7-19-14/h6-8,13,16H,4-5,9H2,1-3H3. The first kappa shape index (κ1) is 14.8. The van der Waals surface area contributed by atoms with Crippen LogP contribution in [0.4, 0.5) is 0 Å². The molecule has 104 valence electrons. The van der Waals surface area contributed by atoms with Crippen LogP contribution in [0.3, 0.4) is 0 Å². The van der Waals surface area contributed by atoms with Crippen molar-refractivity contribution in [2.24, 2.45) is 7.05 Å². The van der Waals surface area contributed by atoms with Gasteiger partial charge in [-0.3, -0.25) is 4.68 Å². The number of aromatic nitrogens is 2. The molecule has 0 saturated carbocycles. The molecular formula is C14H20BrN3S. The normalized spacial score (nSPS) is 12.8. The Morgan fingerprint density at radius 3 is 2.79 bits per heavy atom. The van der Waals surface area contributed by atoms with Crippen LogP contribution in [0.1, 0.15) is 36.2 Å². The summed E-state index contributed by atoms with van der Waals surface area (Å²) in [6, 6.07) is 4.68. The molecule has 1 atom stereocenters. The molecule has 5 heteroatoms. The topological polar surface area (TPSA) is 29.9 Å². The van der Waals surface area contributed by atoms with Crippen molar-refractivity contribution in [1.82, 2.24) is 15.1 Å². The monoisotopic (exact) mass is 341 g/mol. The number of halogens is 1. The fraction of sp³-hybridized carbons (Fsp3) is 0.500. The number of aryl methyl sites for hydroxylation is 2. The van der Waals surface area contributed by atoms with Crippen LogP contribution < -0.4 is 5.32 Å². The molecule has 0 saturated heterocycles. The summed E-state index contributed by atoms with van der Waals surface area (Å²) in [5, 5.41) is 10.2. The summed E-state index contributed by atoms with van der Waals surface area (Å²) in [6.07, 6.45) is 1.96. The maximum absolute atomic E-state index is 4.53. The van der Waals surface area contributed by atoms with Crippen LogP contribution in [-0.4, -0.2) is 16.3 Å². The Morgan fingerprint density at radius 1 is 1.47 bits per heavy atom. The predicted octanol–water partition coefficient (Wildman–Crippen LogP) is 3.70. The zero-order valence-corrected chi connectivity index (χ0v) is 14.0. The fourth-order valence-corrected chi connectivity index (χ4v) is 3.93. The molecule has 0 radical (unpaired) electrons. The van der Waals surface area contributed by atoms with E-state index in [1.165, 1.54) is 15.0 Å². The van der Waals surface area contributed by atoms with Crippen molar-refractivity contribution in [2.45, 2.75) is 32.7 Å². The maximum Gasteiger partial charge on any atom is 0.0624 e. The van der Waals surface area contributed by atoms with E-state index in [0.717, 1.165) is 25.1 Å². The molecule has 1 N–H and O–H groups in total. The van der Waals surface area contributed by atoms with Gasteiger partial charge >= 0.3 is 0 Å². The predicted molar refractivity (Wildman–Crippen MR) is 84.7 cm³/mol. The molecule has 1 unspecified atom stereocenters. The molecule has 19 heavy (non-hydrogen) atoms. The third-order valence-electron chi connectivity index (χ3n) is 3.21. The van der Waals surface area contributed by atoms with E-state index in [9.17, 15) is 0 Å². The average molecular weight is 342 g/mol. The van der Waals surface area contributed by atoms with Gasteiger partial charge in [0, 0.05) is 34.6 Å². The van der Waals surface area contributed by atoms with Crippen LogP contribution in [0.15, 0.2) is 22.0 Å². The highest BCUT2D eigenvalue weighted by Crippen LogP contribution is 2.31. The highest BCUT2D eigenvalue weighted by molar-refractivity contribution is 9.10. The molecule has 3 nitrogen and oxygen atoms in total. The number of likely N-dealkylation sites (N-methyl/N-ethyl adjacent to an activating group) is 1. The van der Waals surface area contributed by atoms with Crippen LogP contribution in [0, 0.1) is 0 Å². The number of thiophene rings is 1. The highest BCUT2D eigenvalue weighted by atomic mass is 79.9. The molecule has 0 aliphatic carbocycles. The lowest BCUT2D eigenvalue weighted by Gasteiger charge is -2.17. The minimum Gasteiger partial charge on any atom is -0.309 e. The Balaban J connectivity index is 2.21. The minimum absolute atomic E-state index is 0.347. The maximum atomic E-state index is 4.53. The number of nitrogens with one attached hydrogen (secondary N) is 1. The van der Waals surface area contributed by atoms with Crippen molar-refractivity contribution < 1.29 is 0 Å². The molecule has 0 aliphatic rings. The Labute approximate surface area is 127 Å². The van der Waals surface area contributed by atoms with E-state index in [1.807, 2.05) is 11.7 Å². The van der Waals surface area contributed by atoms with Crippen molar-refractivity contribution in [2.75, 3.05) is 6.54 Å². The smallest absolute Gasteiger partial charge is 0.0624 e. The van der Waals surface area contributed by atoms with Gasteiger partial charge < -0.3 is 5.32 Å². The van der Waals surface area contributed by atoms with Gasteiger partial charge in [0.2, 0.25) is 0 Å². The Hall–Kier alpha value is -0.650. The highest BCUT2D eigenvalue weighted by Gasteiger charge is 2.17. The lowest BCUT2D eigenvalue weighted by molar-refractivity contribution is 0.534. The summed E-state index contributed by atoms with van der Waals surface area (Å²) in [6.45, 7) is 5.26. The Kier molecular flexibility index (Phi) is 5.19. The summed E-state index contributed by atoms with van der Waals surface area (Å²) in [5.41, 5.74) is 2.45. The van der Waals surface area contributed by atoms with Gasteiger partial charge in [0.05, 0.1) is 5.69 Å². The molecule has 2 aromatic heterocycles. The van der Waals surface area contributed by atoms with E-state index in [0.29, 0.717) is 6.04 Å². The summed E-state index contributed by atoms with van der Waals surface area (Å²) in [7, 11) is 2.03. The second kappa shape index (κ2) is 6.68. The number of rotatable bonds is 6.